The smallest absolute Gasteiger partial charge is 0.338 e. The first-order valence-corrected chi connectivity index (χ1v) is 10.8. The van der Waals surface area contributed by atoms with Crippen LogP contribution in [0.1, 0.15) is 25.5 Å². The molecule has 1 atom stereocenters. The molecule has 10 heteroatoms. The second-order valence-corrected chi connectivity index (χ2v) is 7.68. The third kappa shape index (κ3) is 5.18. The Hall–Kier alpha value is -3.14. The van der Waals surface area contributed by atoms with Gasteiger partial charge in [-0.05, 0) is 31.5 Å². The van der Waals surface area contributed by atoms with Crippen LogP contribution in [0.2, 0.25) is 0 Å². The molecule has 2 N–H and O–H groups in total. The highest BCUT2D eigenvalue weighted by Crippen LogP contribution is 2.31. The first-order chi connectivity index (χ1) is 15.3. The average molecular weight is 448 g/mol. The van der Waals surface area contributed by atoms with Gasteiger partial charge in [-0.25, -0.2) is 18.8 Å². The molecule has 2 heterocycles. The van der Waals surface area contributed by atoms with Gasteiger partial charge in [0.25, 0.3) is 0 Å². The highest BCUT2D eigenvalue weighted by Gasteiger charge is 2.37. The second-order valence-electron chi connectivity index (χ2n) is 7.68. The van der Waals surface area contributed by atoms with Crippen LogP contribution < -0.4 is 10.6 Å². The van der Waals surface area contributed by atoms with Crippen LogP contribution in [0.15, 0.2) is 35.5 Å². The molecule has 0 spiro atoms. The molecule has 9 nitrogen and oxygen atoms in total. The van der Waals surface area contributed by atoms with E-state index in [1.165, 1.54) is 23.1 Å². The maximum atomic E-state index is 13.9. The van der Waals surface area contributed by atoms with Gasteiger partial charge in [-0.1, -0.05) is 12.1 Å². The van der Waals surface area contributed by atoms with Crippen molar-refractivity contribution >= 4 is 18.0 Å². The molecule has 1 fully saturated rings. The van der Waals surface area contributed by atoms with Crippen LogP contribution in [-0.4, -0.2) is 85.7 Å². The van der Waals surface area contributed by atoms with E-state index in [-0.39, 0.29) is 24.2 Å². The summed E-state index contributed by atoms with van der Waals surface area (Å²) in [6.07, 6.45) is 0. The van der Waals surface area contributed by atoms with Crippen LogP contribution in [0.4, 0.5) is 14.0 Å². The van der Waals surface area contributed by atoms with Gasteiger partial charge >= 0.3 is 18.0 Å². The van der Waals surface area contributed by atoms with E-state index in [0.29, 0.717) is 50.5 Å². The topological polar surface area (TPSA) is 94.2 Å². The monoisotopic (exact) mass is 447 g/mol. The molecule has 0 radical (unpaired) electrons. The normalized spacial score (nSPS) is 19.6. The minimum absolute atomic E-state index is 0.0982. The number of hydrogen-bond donors (Lipinski definition) is 2. The maximum absolute atomic E-state index is 13.9. The van der Waals surface area contributed by atoms with Crippen molar-refractivity contribution in [1.29, 1.82) is 0 Å². The van der Waals surface area contributed by atoms with Crippen molar-refractivity contribution in [1.82, 2.24) is 25.3 Å². The minimum Gasteiger partial charge on any atom is -0.463 e. The van der Waals surface area contributed by atoms with Crippen molar-refractivity contribution in [3.63, 3.8) is 0 Å². The zero-order valence-electron chi connectivity index (χ0n) is 18.7. The molecule has 1 aromatic carbocycles. The predicted octanol–water partition coefficient (Wildman–Crippen LogP) is 1.69. The summed E-state index contributed by atoms with van der Waals surface area (Å²) in [5.74, 6) is -1.01. The standard InChI is InChI=1S/C22H30FN5O4/c1-4-24-21(30)28-11-9-27(10-12-28)14-17-18(20(29)32-5-2)19(25-22(31)26(17)3)15-7-6-8-16(23)13-15/h6-8,13,19H,4-5,9-12,14H2,1-3H3,(H,24,30)(H,25,31). The van der Waals surface area contributed by atoms with Gasteiger partial charge in [-0.15, -0.1) is 0 Å². The number of esters is 1. The van der Waals surface area contributed by atoms with Crippen molar-refractivity contribution in [3.8, 4) is 0 Å². The SMILES string of the molecule is CCNC(=O)N1CCN(CC2=C(C(=O)OCC)C(c3cccc(F)c3)NC(=O)N2C)CC1. The molecular weight excluding hydrogens is 417 g/mol. The minimum atomic E-state index is -0.819. The van der Waals surface area contributed by atoms with Crippen molar-refractivity contribution in [3.05, 3.63) is 46.9 Å². The summed E-state index contributed by atoms with van der Waals surface area (Å²) in [6.45, 7) is 6.91. The Morgan fingerprint density at radius 3 is 2.56 bits per heavy atom. The fraction of sp³-hybridized carbons (Fsp3) is 0.500. The number of carbonyl (C=O) groups excluding carboxylic acids is 3. The van der Waals surface area contributed by atoms with E-state index in [1.807, 2.05) is 6.92 Å². The molecule has 0 saturated carbocycles. The van der Waals surface area contributed by atoms with Crippen molar-refractivity contribution < 1.29 is 23.5 Å². The summed E-state index contributed by atoms with van der Waals surface area (Å²) in [7, 11) is 1.59. The van der Waals surface area contributed by atoms with Gasteiger partial charge in [0.15, 0.2) is 0 Å². The summed E-state index contributed by atoms with van der Waals surface area (Å²) in [6, 6.07) is 4.52. The van der Waals surface area contributed by atoms with E-state index in [9.17, 15) is 18.8 Å². The number of rotatable bonds is 6. The summed E-state index contributed by atoms with van der Waals surface area (Å²) in [5.41, 5.74) is 1.26. The largest absolute Gasteiger partial charge is 0.463 e. The first-order valence-electron chi connectivity index (χ1n) is 10.8. The van der Waals surface area contributed by atoms with E-state index >= 15 is 0 Å². The summed E-state index contributed by atoms with van der Waals surface area (Å²) in [5, 5.41) is 5.58. The summed E-state index contributed by atoms with van der Waals surface area (Å²) < 4.78 is 19.2. The van der Waals surface area contributed by atoms with Crippen molar-refractivity contribution in [2.24, 2.45) is 0 Å². The van der Waals surface area contributed by atoms with E-state index in [0.717, 1.165) is 0 Å². The zero-order chi connectivity index (χ0) is 23.3. The van der Waals surface area contributed by atoms with Crippen LogP contribution in [0, 0.1) is 5.82 Å². The van der Waals surface area contributed by atoms with Crippen LogP contribution >= 0.6 is 0 Å². The van der Waals surface area contributed by atoms with E-state index < -0.39 is 17.8 Å². The lowest BCUT2D eigenvalue weighted by Gasteiger charge is -2.39. The molecule has 2 aliphatic heterocycles. The van der Waals surface area contributed by atoms with Gasteiger partial charge in [0.1, 0.15) is 5.82 Å². The van der Waals surface area contributed by atoms with Gasteiger partial charge in [0, 0.05) is 52.0 Å². The molecule has 2 aliphatic rings. The summed E-state index contributed by atoms with van der Waals surface area (Å²) in [4.78, 5) is 43.0. The fourth-order valence-corrected chi connectivity index (χ4v) is 3.92. The third-order valence-corrected chi connectivity index (χ3v) is 5.62. The van der Waals surface area contributed by atoms with Crippen molar-refractivity contribution in [2.45, 2.75) is 19.9 Å². The summed E-state index contributed by atoms with van der Waals surface area (Å²) >= 11 is 0. The van der Waals surface area contributed by atoms with E-state index in [1.54, 1.807) is 24.9 Å². The Balaban J connectivity index is 1.89. The molecule has 0 aliphatic carbocycles. The van der Waals surface area contributed by atoms with E-state index in [2.05, 4.69) is 15.5 Å². The Labute approximate surface area is 187 Å². The molecule has 0 aromatic heterocycles. The van der Waals surface area contributed by atoms with Crippen molar-refractivity contribution in [2.75, 3.05) is 52.9 Å². The Bertz CT molecular complexity index is 898. The molecule has 4 amide bonds. The number of nitrogens with one attached hydrogen (secondary N) is 2. The number of likely N-dealkylation sites (N-methyl/N-ethyl adjacent to an activating group) is 1. The first kappa shape index (κ1) is 23.5. The molecule has 1 unspecified atom stereocenters. The van der Waals surface area contributed by atoms with Gasteiger partial charge in [0.05, 0.1) is 18.2 Å². The highest BCUT2D eigenvalue weighted by atomic mass is 19.1. The fourth-order valence-electron chi connectivity index (χ4n) is 3.92. The van der Waals surface area contributed by atoms with E-state index in [4.69, 9.17) is 4.74 Å². The third-order valence-electron chi connectivity index (χ3n) is 5.62. The van der Waals surface area contributed by atoms with Gasteiger partial charge in [-0.2, -0.15) is 0 Å². The highest BCUT2D eigenvalue weighted by molar-refractivity contribution is 5.95. The zero-order valence-corrected chi connectivity index (χ0v) is 18.7. The lowest BCUT2D eigenvalue weighted by Crippen LogP contribution is -2.54. The number of piperazine rings is 1. The Kier molecular flexibility index (Phi) is 7.68. The number of urea groups is 2. The predicted molar refractivity (Wildman–Crippen MR) is 116 cm³/mol. The van der Waals surface area contributed by atoms with Gasteiger partial charge in [-0.3, -0.25) is 9.80 Å². The molecule has 174 valence electrons. The molecular formula is C22H30FN5O4. The number of ether oxygens (including phenoxy) is 1. The van der Waals surface area contributed by atoms with Crippen LogP contribution in [-0.2, 0) is 9.53 Å². The molecule has 1 saturated heterocycles. The Morgan fingerprint density at radius 1 is 1.22 bits per heavy atom. The second kappa shape index (κ2) is 10.4. The number of carbonyl (C=O) groups is 3. The number of amides is 4. The lowest BCUT2D eigenvalue weighted by molar-refractivity contribution is -0.139. The molecule has 0 bridgehead atoms. The Morgan fingerprint density at radius 2 is 1.94 bits per heavy atom. The van der Waals surface area contributed by atoms with Gasteiger partial charge in [0.2, 0.25) is 0 Å². The van der Waals surface area contributed by atoms with Crippen LogP contribution in [0.25, 0.3) is 0 Å². The molecule has 32 heavy (non-hydrogen) atoms. The molecule has 3 rings (SSSR count). The number of nitrogens with zero attached hydrogens (tertiary/aromatic N) is 3. The lowest BCUT2D eigenvalue weighted by atomic mass is 9.94. The molecule has 1 aromatic rings. The number of hydrogen-bond acceptors (Lipinski definition) is 5. The average Bonchev–Trinajstić information content (AvgIpc) is 2.77. The number of halogens is 1. The number of benzene rings is 1. The van der Waals surface area contributed by atoms with Crippen LogP contribution in [0.5, 0.6) is 0 Å². The quantitative estimate of drug-likeness (QED) is 0.648. The van der Waals surface area contributed by atoms with Gasteiger partial charge < -0.3 is 20.3 Å². The van der Waals surface area contributed by atoms with Crippen LogP contribution in [0.3, 0.4) is 0 Å². The maximum Gasteiger partial charge on any atom is 0.338 e.